The van der Waals surface area contributed by atoms with Crippen molar-refractivity contribution in [1.29, 1.82) is 0 Å². The van der Waals surface area contributed by atoms with Gasteiger partial charge in [-0.1, -0.05) is 0 Å². The molecule has 1 saturated heterocycles. The minimum Gasteiger partial charge on any atom is -0.372 e. The Morgan fingerprint density at radius 2 is 2.20 bits per heavy atom. The predicted octanol–water partition coefficient (Wildman–Crippen LogP) is 2.48. The van der Waals surface area contributed by atoms with E-state index in [2.05, 4.69) is 26.4 Å². The largest absolute Gasteiger partial charge is 0.372 e. The first kappa shape index (κ1) is 17.4. The molecule has 25 heavy (non-hydrogen) atoms. The minimum atomic E-state index is 0.0435. The molecule has 0 aliphatic carbocycles. The summed E-state index contributed by atoms with van der Waals surface area (Å²) in [5.41, 5.74) is 3.03. The summed E-state index contributed by atoms with van der Waals surface area (Å²) < 4.78 is 1.98. The van der Waals surface area contributed by atoms with Crippen LogP contribution in [0, 0.1) is 13.8 Å². The number of aromatic nitrogens is 4. The van der Waals surface area contributed by atoms with E-state index < -0.39 is 0 Å². The monoisotopic (exact) mass is 342 g/mol. The lowest BCUT2D eigenvalue weighted by molar-refractivity contribution is -0.132. The van der Waals surface area contributed by atoms with Gasteiger partial charge in [-0.3, -0.25) is 14.5 Å². The lowest BCUT2D eigenvalue weighted by atomic mass is 10.1. The van der Waals surface area contributed by atoms with E-state index in [0.717, 1.165) is 55.3 Å². The van der Waals surface area contributed by atoms with E-state index in [9.17, 15) is 4.79 Å². The Bertz CT molecular complexity index is 741. The predicted molar refractivity (Wildman–Crippen MR) is 96.2 cm³/mol. The van der Waals surface area contributed by atoms with Crippen LogP contribution in [0.1, 0.15) is 48.8 Å². The lowest BCUT2D eigenvalue weighted by Gasteiger charge is -2.24. The van der Waals surface area contributed by atoms with Crippen LogP contribution in [-0.2, 0) is 11.3 Å². The van der Waals surface area contributed by atoms with Gasteiger partial charge in [-0.25, -0.2) is 4.98 Å². The van der Waals surface area contributed by atoms with E-state index in [0.29, 0.717) is 6.42 Å². The SMILES string of the molecule is CNc1cncc(C2CCCN2C(=O)CCCn2nc(C)cc2C)n1. The van der Waals surface area contributed by atoms with Gasteiger partial charge in [0, 0.05) is 32.3 Å². The second-order valence-corrected chi connectivity index (χ2v) is 6.58. The molecule has 1 aliphatic heterocycles. The first-order chi connectivity index (χ1) is 12.1. The van der Waals surface area contributed by atoms with Gasteiger partial charge in [0.25, 0.3) is 0 Å². The molecule has 3 heterocycles. The van der Waals surface area contributed by atoms with Crippen molar-refractivity contribution in [2.75, 3.05) is 18.9 Å². The van der Waals surface area contributed by atoms with Gasteiger partial charge in [0.05, 0.1) is 29.8 Å². The molecule has 0 spiro atoms. The Morgan fingerprint density at radius 1 is 1.36 bits per heavy atom. The number of carbonyl (C=O) groups is 1. The van der Waals surface area contributed by atoms with E-state index in [1.54, 1.807) is 12.4 Å². The normalized spacial score (nSPS) is 17.1. The zero-order valence-electron chi connectivity index (χ0n) is 15.2. The fourth-order valence-corrected chi connectivity index (χ4v) is 3.46. The van der Waals surface area contributed by atoms with E-state index in [4.69, 9.17) is 0 Å². The number of nitrogens with zero attached hydrogens (tertiary/aromatic N) is 5. The van der Waals surface area contributed by atoms with Crippen LogP contribution in [0.2, 0.25) is 0 Å². The summed E-state index contributed by atoms with van der Waals surface area (Å²) in [6, 6.07) is 2.10. The van der Waals surface area contributed by atoms with E-state index in [-0.39, 0.29) is 11.9 Å². The maximum absolute atomic E-state index is 12.7. The van der Waals surface area contributed by atoms with Gasteiger partial charge in [0.1, 0.15) is 5.82 Å². The average Bonchev–Trinajstić information content (AvgIpc) is 3.21. The molecule has 1 aliphatic rings. The topological polar surface area (TPSA) is 75.9 Å². The quantitative estimate of drug-likeness (QED) is 0.873. The summed E-state index contributed by atoms with van der Waals surface area (Å²) in [5, 5.41) is 7.46. The van der Waals surface area contributed by atoms with Gasteiger partial charge < -0.3 is 10.2 Å². The number of amides is 1. The summed E-state index contributed by atoms with van der Waals surface area (Å²) >= 11 is 0. The van der Waals surface area contributed by atoms with Crippen molar-refractivity contribution in [3.8, 4) is 0 Å². The molecule has 1 N–H and O–H groups in total. The maximum atomic E-state index is 12.7. The molecule has 0 saturated carbocycles. The highest BCUT2D eigenvalue weighted by molar-refractivity contribution is 5.77. The third-order valence-electron chi connectivity index (χ3n) is 4.69. The summed E-state index contributed by atoms with van der Waals surface area (Å²) in [4.78, 5) is 23.5. The summed E-state index contributed by atoms with van der Waals surface area (Å²) in [5.74, 6) is 0.932. The van der Waals surface area contributed by atoms with Crippen molar-refractivity contribution in [1.82, 2.24) is 24.6 Å². The molecule has 7 nitrogen and oxygen atoms in total. The fraction of sp³-hybridized carbons (Fsp3) is 0.556. The zero-order chi connectivity index (χ0) is 17.8. The van der Waals surface area contributed by atoms with Crippen LogP contribution in [0.15, 0.2) is 18.5 Å². The second kappa shape index (κ2) is 7.63. The lowest BCUT2D eigenvalue weighted by Crippen LogP contribution is -2.31. The molecule has 2 aromatic heterocycles. The minimum absolute atomic E-state index is 0.0435. The van der Waals surface area contributed by atoms with Gasteiger partial charge in [-0.15, -0.1) is 0 Å². The first-order valence-corrected chi connectivity index (χ1v) is 8.88. The molecule has 0 aromatic carbocycles. The molecule has 0 radical (unpaired) electrons. The highest BCUT2D eigenvalue weighted by Crippen LogP contribution is 2.31. The maximum Gasteiger partial charge on any atom is 0.223 e. The Morgan fingerprint density at radius 3 is 2.92 bits per heavy atom. The zero-order valence-corrected chi connectivity index (χ0v) is 15.2. The van der Waals surface area contributed by atoms with E-state index in [1.165, 1.54) is 0 Å². The summed E-state index contributed by atoms with van der Waals surface area (Å²) in [6.07, 6.45) is 6.76. The molecular weight excluding hydrogens is 316 g/mol. The molecule has 1 atom stereocenters. The number of hydrogen-bond donors (Lipinski definition) is 1. The summed E-state index contributed by atoms with van der Waals surface area (Å²) in [7, 11) is 1.82. The highest BCUT2D eigenvalue weighted by Gasteiger charge is 2.30. The second-order valence-electron chi connectivity index (χ2n) is 6.58. The number of anilines is 1. The van der Waals surface area contributed by atoms with Crippen LogP contribution >= 0.6 is 0 Å². The van der Waals surface area contributed by atoms with E-state index >= 15 is 0 Å². The van der Waals surface area contributed by atoms with Crippen molar-refractivity contribution < 1.29 is 4.79 Å². The standard InChI is InChI=1S/C18H26N6O/c1-13-10-14(2)24(22-13)9-5-7-18(25)23-8-4-6-16(23)15-11-20-12-17(19-3)21-15/h10-12,16H,4-9H2,1-3H3,(H,19,21). The number of rotatable bonds is 6. The van der Waals surface area contributed by atoms with Gasteiger partial charge in [-0.05, 0) is 39.2 Å². The third-order valence-corrected chi connectivity index (χ3v) is 4.69. The number of likely N-dealkylation sites (tertiary alicyclic amines) is 1. The molecule has 0 bridgehead atoms. The van der Waals surface area contributed by atoms with Gasteiger partial charge in [-0.2, -0.15) is 5.10 Å². The van der Waals surface area contributed by atoms with Crippen molar-refractivity contribution in [2.24, 2.45) is 0 Å². The number of nitrogens with one attached hydrogen (secondary N) is 1. The highest BCUT2D eigenvalue weighted by atomic mass is 16.2. The Hall–Kier alpha value is -2.44. The van der Waals surface area contributed by atoms with Crippen LogP contribution in [0.3, 0.4) is 0 Å². The van der Waals surface area contributed by atoms with Gasteiger partial charge in [0.2, 0.25) is 5.91 Å². The van der Waals surface area contributed by atoms with Crippen LogP contribution in [0.5, 0.6) is 0 Å². The Kier molecular flexibility index (Phi) is 5.31. The summed E-state index contributed by atoms with van der Waals surface area (Å²) in [6.45, 7) is 5.61. The van der Waals surface area contributed by atoms with Gasteiger partial charge >= 0.3 is 0 Å². The van der Waals surface area contributed by atoms with Crippen molar-refractivity contribution >= 4 is 11.7 Å². The van der Waals surface area contributed by atoms with Crippen molar-refractivity contribution in [2.45, 2.75) is 52.1 Å². The molecule has 1 amide bonds. The average molecular weight is 342 g/mol. The molecule has 134 valence electrons. The molecule has 3 rings (SSSR count). The fourth-order valence-electron chi connectivity index (χ4n) is 3.46. The van der Waals surface area contributed by atoms with Crippen LogP contribution in [-0.4, -0.2) is 44.1 Å². The third kappa shape index (κ3) is 3.97. The molecule has 7 heteroatoms. The van der Waals surface area contributed by atoms with Crippen molar-refractivity contribution in [3.05, 3.63) is 35.5 Å². The van der Waals surface area contributed by atoms with E-state index in [1.807, 2.05) is 30.5 Å². The molecule has 1 fully saturated rings. The van der Waals surface area contributed by atoms with Crippen LogP contribution < -0.4 is 5.32 Å². The van der Waals surface area contributed by atoms with Gasteiger partial charge in [0.15, 0.2) is 0 Å². The number of aryl methyl sites for hydroxylation is 3. The molecular formula is C18H26N6O. The number of carbonyl (C=O) groups excluding carboxylic acids is 1. The molecule has 2 aromatic rings. The Balaban J connectivity index is 1.59. The van der Waals surface area contributed by atoms with Crippen LogP contribution in [0.25, 0.3) is 0 Å². The first-order valence-electron chi connectivity index (χ1n) is 8.88. The number of hydrogen-bond acceptors (Lipinski definition) is 5. The smallest absolute Gasteiger partial charge is 0.223 e. The van der Waals surface area contributed by atoms with Crippen molar-refractivity contribution in [3.63, 3.8) is 0 Å². The van der Waals surface area contributed by atoms with Crippen LogP contribution in [0.4, 0.5) is 5.82 Å². The Labute approximate surface area is 148 Å². The molecule has 1 unspecified atom stereocenters.